The molecular weight excluding hydrogens is 357 g/mol. The van der Waals surface area contributed by atoms with Crippen molar-refractivity contribution in [1.29, 1.82) is 0 Å². The average Bonchev–Trinajstić information content (AvgIpc) is 3.05. The number of rotatable bonds is 5. The Balaban J connectivity index is 2.06. The molecule has 25 heavy (non-hydrogen) atoms. The van der Waals surface area contributed by atoms with Gasteiger partial charge < -0.3 is 35.2 Å². The monoisotopic (exact) mass is 375 g/mol. The number of nitrogen functional groups attached to an aromatic ring is 1. The molecule has 13 heteroatoms. The first kappa shape index (κ1) is 18.0. The van der Waals surface area contributed by atoms with Crippen LogP contribution in [0.5, 0.6) is 6.01 Å². The van der Waals surface area contributed by atoms with Crippen LogP contribution in [0, 0.1) is 5.92 Å². The van der Waals surface area contributed by atoms with Crippen molar-refractivity contribution in [3.8, 4) is 6.01 Å². The molecule has 3 rings (SSSR count). The van der Waals surface area contributed by atoms with Gasteiger partial charge in [0.1, 0.15) is 12.4 Å². The van der Waals surface area contributed by atoms with Gasteiger partial charge in [-0.2, -0.15) is 4.98 Å². The number of imidazole rings is 1. The molecule has 0 aliphatic carbocycles. The van der Waals surface area contributed by atoms with Gasteiger partial charge in [-0.3, -0.25) is 4.57 Å². The molecule has 138 valence electrons. The highest BCUT2D eigenvalue weighted by molar-refractivity contribution is 7.51. The summed E-state index contributed by atoms with van der Waals surface area (Å²) >= 11 is 0. The predicted octanol–water partition coefficient (Wildman–Crippen LogP) is -1.54. The highest BCUT2D eigenvalue weighted by atomic mass is 31.2. The van der Waals surface area contributed by atoms with Crippen molar-refractivity contribution in [2.24, 2.45) is 5.92 Å². The lowest BCUT2D eigenvalue weighted by Gasteiger charge is -2.20. The van der Waals surface area contributed by atoms with E-state index in [0.29, 0.717) is 0 Å². The maximum atomic E-state index is 11.3. The number of aliphatic hydroxyl groups excluding tert-OH is 2. The molecule has 0 spiro atoms. The summed E-state index contributed by atoms with van der Waals surface area (Å²) in [5.74, 6) is -0.891. The van der Waals surface area contributed by atoms with Gasteiger partial charge in [-0.1, -0.05) is 0 Å². The van der Waals surface area contributed by atoms with Crippen molar-refractivity contribution in [3.05, 3.63) is 6.33 Å². The van der Waals surface area contributed by atoms with Crippen molar-refractivity contribution >= 4 is 24.6 Å². The summed E-state index contributed by atoms with van der Waals surface area (Å²) in [7, 11) is -3.09. The first-order valence-electron chi connectivity index (χ1n) is 7.28. The van der Waals surface area contributed by atoms with Gasteiger partial charge in [0.25, 0.3) is 0 Å². The molecule has 1 aliphatic rings. The molecule has 2 aromatic heterocycles. The van der Waals surface area contributed by atoms with E-state index in [-0.39, 0.29) is 23.0 Å². The van der Waals surface area contributed by atoms with Gasteiger partial charge >= 0.3 is 13.6 Å². The quantitative estimate of drug-likeness (QED) is 0.381. The molecule has 1 aliphatic heterocycles. The van der Waals surface area contributed by atoms with E-state index in [1.807, 2.05) is 0 Å². The molecule has 1 fully saturated rings. The van der Waals surface area contributed by atoms with Crippen LogP contribution in [0.15, 0.2) is 6.33 Å². The van der Waals surface area contributed by atoms with Crippen LogP contribution in [-0.2, 0) is 9.30 Å². The van der Waals surface area contributed by atoms with Crippen LogP contribution in [0.25, 0.3) is 11.2 Å². The molecule has 0 amide bonds. The number of hydrogen-bond acceptors (Lipinski definition) is 9. The number of aliphatic hydroxyl groups is 2. The zero-order valence-electron chi connectivity index (χ0n) is 13.1. The van der Waals surface area contributed by atoms with Crippen LogP contribution in [0.3, 0.4) is 0 Å². The standard InChI is InChI=1S/C12H18N5O7P/c1-23-12-16-7-9(13)14-4-15-10(7)17(12)11-8(19)5(3-25(20,21)22)6(2-18)24-11/h4-6,8,11,18-19H,2-3H2,1H3,(H2,13,14,15)(H2,20,21,22)/t5-,6-,8-,11-/m1/s1. The molecule has 1 saturated heterocycles. The van der Waals surface area contributed by atoms with E-state index in [2.05, 4.69) is 15.0 Å². The van der Waals surface area contributed by atoms with Crippen molar-refractivity contribution in [1.82, 2.24) is 19.5 Å². The van der Waals surface area contributed by atoms with Crippen LogP contribution < -0.4 is 10.5 Å². The molecular formula is C12H18N5O7P. The first-order chi connectivity index (χ1) is 11.8. The highest BCUT2D eigenvalue weighted by Gasteiger charge is 2.48. The van der Waals surface area contributed by atoms with E-state index in [9.17, 15) is 24.6 Å². The van der Waals surface area contributed by atoms with E-state index >= 15 is 0 Å². The van der Waals surface area contributed by atoms with Gasteiger partial charge in [-0.25, -0.2) is 14.5 Å². The van der Waals surface area contributed by atoms with Gasteiger partial charge in [0.15, 0.2) is 23.2 Å². The van der Waals surface area contributed by atoms with Crippen molar-refractivity contribution in [2.45, 2.75) is 18.4 Å². The SMILES string of the molecule is COc1nc2c(N)ncnc2n1[C@@H]1O[C@H](CO)[C@@H](CP(=O)(O)O)[C@H]1O. The Morgan fingerprint density at radius 1 is 1.44 bits per heavy atom. The fraction of sp³-hybridized carbons (Fsp3) is 0.583. The normalized spacial score (nSPS) is 27.1. The van der Waals surface area contributed by atoms with Gasteiger partial charge in [0, 0.05) is 5.92 Å². The summed E-state index contributed by atoms with van der Waals surface area (Å²) in [6.07, 6.45) is -2.88. The Hall–Kier alpha value is -1.82. The topological polar surface area (TPSA) is 186 Å². The number of hydrogen-bond donors (Lipinski definition) is 5. The van der Waals surface area contributed by atoms with Crippen molar-refractivity contribution < 1.29 is 34.0 Å². The minimum atomic E-state index is -4.43. The van der Waals surface area contributed by atoms with Crippen molar-refractivity contribution in [2.75, 3.05) is 25.6 Å². The summed E-state index contributed by atoms with van der Waals surface area (Å²) in [6.45, 7) is -0.524. The summed E-state index contributed by atoms with van der Waals surface area (Å²) in [5, 5.41) is 20.0. The third-order valence-corrected chi connectivity index (χ3v) is 4.96. The third-order valence-electron chi connectivity index (χ3n) is 4.06. The minimum Gasteiger partial charge on any atom is -0.468 e. The lowest BCUT2D eigenvalue weighted by atomic mass is 10.0. The first-order valence-corrected chi connectivity index (χ1v) is 9.08. The van der Waals surface area contributed by atoms with Crippen LogP contribution >= 0.6 is 7.60 Å². The second kappa shape index (κ2) is 6.48. The molecule has 4 atom stereocenters. The number of nitrogens with zero attached hydrogens (tertiary/aromatic N) is 4. The number of methoxy groups -OCH3 is 1. The van der Waals surface area contributed by atoms with Gasteiger partial charge in [0.2, 0.25) is 0 Å². The smallest absolute Gasteiger partial charge is 0.326 e. The molecule has 0 aromatic carbocycles. The Labute approximate surface area is 141 Å². The molecule has 0 bridgehead atoms. The van der Waals surface area contributed by atoms with Crippen molar-refractivity contribution in [3.63, 3.8) is 0 Å². The van der Waals surface area contributed by atoms with E-state index in [0.717, 1.165) is 0 Å². The maximum Gasteiger partial charge on any atom is 0.326 e. The van der Waals surface area contributed by atoms with Gasteiger partial charge in [0.05, 0.1) is 26.0 Å². The Kier molecular flexibility index (Phi) is 4.66. The summed E-state index contributed by atoms with van der Waals surface area (Å²) < 4.78 is 23.4. The average molecular weight is 375 g/mol. The molecule has 6 N–H and O–H groups in total. The lowest BCUT2D eigenvalue weighted by Crippen LogP contribution is -2.31. The molecule has 0 unspecified atom stereocenters. The molecule has 2 aromatic rings. The highest BCUT2D eigenvalue weighted by Crippen LogP contribution is 2.45. The van der Waals surface area contributed by atoms with Crippen LogP contribution in [0.1, 0.15) is 6.23 Å². The van der Waals surface area contributed by atoms with Gasteiger partial charge in [-0.15, -0.1) is 0 Å². The second-order valence-corrected chi connectivity index (χ2v) is 7.34. The van der Waals surface area contributed by atoms with E-state index in [1.54, 1.807) is 0 Å². The Bertz CT molecular complexity index is 824. The molecule has 0 radical (unpaired) electrons. The third kappa shape index (κ3) is 3.19. The second-order valence-electron chi connectivity index (χ2n) is 5.65. The van der Waals surface area contributed by atoms with Crippen LogP contribution in [0.4, 0.5) is 5.82 Å². The molecule has 12 nitrogen and oxygen atoms in total. The Morgan fingerprint density at radius 2 is 2.16 bits per heavy atom. The number of ether oxygens (including phenoxy) is 2. The minimum absolute atomic E-state index is 0.0276. The number of fused-ring (bicyclic) bond motifs is 1. The summed E-state index contributed by atoms with van der Waals surface area (Å²) in [6, 6.07) is 0.0276. The summed E-state index contributed by atoms with van der Waals surface area (Å²) in [5.41, 5.74) is 6.22. The predicted molar refractivity (Wildman–Crippen MR) is 83.7 cm³/mol. The van der Waals surface area contributed by atoms with E-state index in [1.165, 1.54) is 18.0 Å². The fourth-order valence-electron chi connectivity index (χ4n) is 2.96. The fourth-order valence-corrected chi connectivity index (χ4v) is 3.96. The maximum absolute atomic E-state index is 11.3. The van der Waals surface area contributed by atoms with Crippen LogP contribution in [0.2, 0.25) is 0 Å². The molecule has 0 saturated carbocycles. The zero-order chi connectivity index (χ0) is 18.4. The number of nitrogens with two attached hydrogens (primary N) is 1. The van der Waals surface area contributed by atoms with Gasteiger partial charge in [-0.05, 0) is 0 Å². The molecule has 3 heterocycles. The zero-order valence-corrected chi connectivity index (χ0v) is 14.0. The lowest BCUT2D eigenvalue weighted by molar-refractivity contribution is -0.0520. The van der Waals surface area contributed by atoms with Crippen LogP contribution in [-0.4, -0.2) is 71.6 Å². The van der Waals surface area contributed by atoms with E-state index in [4.69, 9.17) is 15.2 Å². The van der Waals surface area contributed by atoms with E-state index < -0.39 is 44.7 Å². The number of aromatic nitrogens is 4. The summed E-state index contributed by atoms with van der Waals surface area (Å²) in [4.78, 5) is 30.5. The largest absolute Gasteiger partial charge is 0.468 e. The number of anilines is 1. The Morgan fingerprint density at radius 3 is 2.76 bits per heavy atom.